The number of likely N-dealkylation sites (N-methyl/N-ethyl adjacent to an activating group) is 1. The maximum Gasteiger partial charge on any atom is 0.258 e. The van der Waals surface area contributed by atoms with Gasteiger partial charge in [0.2, 0.25) is 5.82 Å². The first-order chi connectivity index (χ1) is 14.8. The monoisotopic (exact) mass is 400 g/mol. The van der Waals surface area contributed by atoms with Crippen molar-refractivity contribution in [3.8, 4) is 17.2 Å². The standard InChI is InChI=1S/C24H24N4O2/c1-27-12-14-28(15-13-27)22-9-5-8-18-10-11-20(16-21(18)22)29-17-23-25-24(30-26-23)19-6-3-2-4-7-19/h2-11,16H,12-15,17H2,1H3. The van der Waals surface area contributed by atoms with E-state index in [0.717, 1.165) is 37.5 Å². The molecule has 0 aliphatic carbocycles. The van der Waals surface area contributed by atoms with Crippen LogP contribution in [0.2, 0.25) is 0 Å². The molecule has 2 heterocycles. The lowest BCUT2D eigenvalue weighted by Crippen LogP contribution is -2.44. The van der Waals surface area contributed by atoms with Gasteiger partial charge in [-0.05, 0) is 42.8 Å². The number of aromatic nitrogens is 2. The second kappa shape index (κ2) is 8.16. The summed E-state index contributed by atoms with van der Waals surface area (Å²) >= 11 is 0. The number of ether oxygens (including phenoxy) is 1. The molecule has 0 amide bonds. The van der Waals surface area contributed by atoms with Crippen molar-refractivity contribution >= 4 is 16.5 Å². The van der Waals surface area contributed by atoms with Crippen LogP contribution in [0.1, 0.15) is 5.82 Å². The molecule has 0 saturated carbocycles. The minimum absolute atomic E-state index is 0.262. The molecule has 152 valence electrons. The fourth-order valence-electron chi connectivity index (χ4n) is 3.81. The van der Waals surface area contributed by atoms with Crippen LogP contribution in [-0.4, -0.2) is 48.3 Å². The van der Waals surface area contributed by atoms with E-state index < -0.39 is 0 Å². The van der Waals surface area contributed by atoms with Crippen LogP contribution < -0.4 is 9.64 Å². The summed E-state index contributed by atoms with van der Waals surface area (Å²) in [5.74, 6) is 1.83. The summed E-state index contributed by atoms with van der Waals surface area (Å²) in [6.07, 6.45) is 0. The van der Waals surface area contributed by atoms with Crippen LogP contribution in [-0.2, 0) is 6.61 Å². The Morgan fingerprint density at radius 2 is 1.77 bits per heavy atom. The SMILES string of the molecule is CN1CCN(c2cccc3ccc(OCc4noc(-c5ccccc5)n4)cc23)CC1. The van der Waals surface area contributed by atoms with Crippen molar-refractivity contribution in [2.75, 3.05) is 38.1 Å². The van der Waals surface area contributed by atoms with E-state index in [2.05, 4.69) is 57.3 Å². The molecule has 1 aliphatic rings. The highest BCUT2D eigenvalue weighted by atomic mass is 16.5. The molecule has 1 aromatic heterocycles. The molecule has 30 heavy (non-hydrogen) atoms. The first-order valence-electron chi connectivity index (χ1n) is 10.2. The largest absolute Gasteiger partial charge is 0.485 e. The smallest absolute Gasteiger partial charge is 0.258 e. The van der Waals surface area contributed by atoms with Gasteiger partial charge in [-0.1, -0.05) is 41.6 Å². The molecule has 1 saturated heterocycles. The molecule has 5 rings (SSSR count). The maximum absolute atomic E-state index is 6.00. The summed E-state index contributed by atoms with van der Waals surface area (Å²) in [6, 6.07) is 22.4. The molecule has 1 aliphatic heterocycles. The van der Waals surface area contributed by atoms with E-state index in [1.165, 1.54) is 16.5 Å². The molecule has 0 unspecified atom stereocenters. The van der Waals surface area contributed by atoms with Crippen molar-refractivity contribution in [3.05, 3.63) is 72.6 Å². The van der Waals surface area contributed by atoms with E-state index in [-0.39, 0.29) is 6.61 Å². The number of benzene rings is 3. The third-order valence-electron chi connectivity index (χ3n) is 5.53. The quantitative estimate of drug-likeness (QED) is 0.500. The Hall–Kier alpha value is -3.38. The number of rotatable bonds is 5. The van der Waals surface area contributed by atoms with Crippen LogP contribution in [0.4, 0.5) is 5.69 Å². The molecule has 3 aromatic carbocycles. The van der Waals surface area contributed by atoms with Gasteiger partial charge in [0.15, 0.2) is 6.61 Å². The van der Waals surface area contributed by atoms with Gasteiger partial charge in [0.05, 0.1) is 0 Å². The van der Waals surface area contributed by atoms with Crippen molar-refractivity contribution in [1.82, 2.24) is 15.0 Å². The van der Waals surface area contributed by atoms with Gasteiger partial charge in [0, 0.05) is 42.8 Å². The average Bonchev–Trinajstić information content (AvgIpc) is 3.28. The first kappa shape index (κ1) is 18.6. The molecule has 6 nitrogen and oxygen atoms in total. The van der Waals surface area contributed by atoms with Crippen LogP contribution in [0.25, 0.3) is 22.2 Å². The van der Waals surface area contributed by atoms with Gasteiger partial charge >= 0.3 is 0 Å². The minimum Gasteiger partial charge on any atom is -0.485 e. The molecular weight excluding hydrogens is 376 g/mol. The summed E-state index contributed by atoms with van der Waals surface area (Å²) in [6.45, 7) is 4.48. The van der Waals surface area contributed by atoms with Crippen molar-refractivity contribution in [1.29, 1.82) is 0 Å². The normalized spacial score (nSPS) is 14.9. The van der Waals surface area contributed by atoms with Crippen LogP contribution in [0.3, 0.4) is 0 Å². The number of nitrogens with zero attached hydrogens (tertiary/aromatic N) is 4. The van der Waals surface area contributed by atoms with E-state index >= 15 is 0 Å². The Kier molecular flexibility index (Phi) is 5.07. The molecule has 0 N–H and O–H groups in total. The third kappa shape index (κ3) is 3.86. The number of hydrogen-bond acceptors (Lipinski definition) is 6. The number of piperazine rings is 1. The lowest BCUT2D eigenvalue weighted by atomic mass is 10.1. The highest BCUT2D eigenvalue weighted by Crippen LogP contribution is 2.31. The number of hydrogen-bond donors (Lipinski definition) is 0. The molecule has 0 atom stereocenters. The van der Waals surface area contributed by atoms with E-state index in [0.29, 0.717) is 11.7 Å². The molecular formula is C24H24N4O2. The molecule has 0 spiro atoms. The van der Waals surface area contributed by atoms with Gasteiger partial charge in [-0.25, -0.2) is 0 Å². The molecule has 1 fully saturated rings. The van der Waals surface area contributed by atoms with E-state index in [1.54, 1.807) is 0 Å². The Morgan fingerprint density at radius 3 is 2.60 bits per heavy atom. The van der Waals surface area contributed by atoms with Crippen LogP contribution in [0.15, 0.2) is 71.3 Å². The molecule has 6 heteroatoms. The number of fused-ring (bicyclic) bond motifs is 1. The predicted molar refractivity (Wildman–Crippen MR) is 118 cm³/mol. The summed E-state index contributed by atoms with van der Waals surface area (Å²) in [5.41, 5.74) is 2.16. The Balaban J connectivity index is 1.34. The van der Waals surface area contributed by atoms with Gasteiger partial charge < -0.3 is 19.1 Å². The van der Waals surface area contributed by atoms with E-state index in [4.69, 9.17) is 9.26 Å². The fourth-order valence-corrected chi connectivity index (χ4v) is 3.81. The zero-order valence-corrected chi connectivity index (χ0v) is 17.0. The van der Waals surface area contributed by atoms with Gasteiger partial charge in [0.1, 0.15) is 5.75 Å². The zero-order chi connectivity index (χ0) is 20.3. The lowest BCUT2D eigenvalue weighted by Gasteiger charge is -2.34. The van der Waals surface area contributed by atoms with Crippen LogP contribution in [0.5, 0.6) is 5.75 Å². The van der Waals surface area contributed by atoms with Gasteiger partial charge in [0.25, 0.3) is 5.89 Å². The summed E-state index contributed by atoms with van der Waals surface area (Å²) < 4.78 is 11.4. The number of anilines is 1. The summed E-state index contributed by atoms with van der Waals surface area (Å²) in [4.78, 5) is 9.26. The molecule has 4 aromatic rings. The first-order valence-corrected chi connectivity index (χ1v) is 10.2. The highest BCUT2D eigenvalue weighted by molar-refractivity contribution is 5.95. The molecule has 0 radical (unpaired) electrons. The Bertz CT molecular complexity index is 1130. The van der Waals surface area contributed by atoms with Gasteiger partial charge in [-0.15, -0.1) is 0 Å². The van der Waals surface area contributed by atoms with Crippen molar-refractivity contribution in [2.45, 2.75) is 6.61 Å². The Labute approximate surface area is 175 Å². The second-order valence-electron chi connectivity index (χ2n) is 7.62. The lowest BCUT2D eigenvalue weighted by molar-refractivity contribution is 0.287. The van der Waals surface area contributed by atoms with Gasteiger partial charge in [-0.2, -0.15) is 4.98 Å². The van der Waals surface area contributed by atoms with E-state index in [9.17, 15) is 0 Å². The second-order valence-corrected chi connectivity index (χ2v) is 7.62. The van der Waals surface area contributed by atoms with Crippen LogP contribution in [0, 0.1) is 0 Å². The summed E-state index contributed by atoms with van der Waals surface area (Å²) in [5, 5.41) is 6.46. The minimum atomic E-state index is 0.262. The topological polar surface area (TPSA) is 54.6 Å². The van der Waals surface area contributed by atoms with Gasteiger partial charge in [-0.3, -0.25) is 0 Å². The summed E-state index contributed by atoms with van der Waals surface area (Å²) in [7, 11) is 2.17. The van der Waals surface area contributed by atoms with Crippen molar-refractivity contribution < 1.29 is 9.26 Å². The zero-order valence-electron chi connectivity index (χ0n) is 17.0. The highest BCUT2D eigenvalue weighted by Gasteiger charge is 2.16. The predicted octanol–water partition coefficient (Wildman–Crippen LogP) is 4.22. The van der Waals surface area contributed by atoms with Crippen LogP contribution >= 0.6 is 0 Å². The van der Waals surface area contributed by atoms with E-state index in [1.807, 2.05) is 36.4 Å². The van der Waals surface area contributed by atoms with Crippen molar-refractivity contribution in [2.24, 2.45) is 0 Å². The Morgan fingerprint density at radius 1 is 0.933 bits per heavy atom. The fraction of sp³-hybridized carbons (Fsp3) is 0.250. The average molecular weight is 400 g/mol. The third-order valence-corrected chi connectivity index (χ3v) is 5.53. The maximum atomic E-state index is 6.00. The van der Waals surface area contributed by atoms with Crippen molar-refractivity contribution in [3.63, 3.8) is 0 Å². The molecule has 0 bridgehead atoms.